The molecule has 2 aromatic heterocycles. The minimum Gasteiger partial charge on any atom is -0.371 e. The number of thiazole rings is 1. The number of carbonyl (C=O) groups excluding carboxylic acids is 1. The van der Waals surface area contributed by atoms with Gasteiger partial charge >= 0.3 is 0 Å². The topological polar surface area (TPSA) is 77.5 Å². The van der Waals surface area contributed by atoms with E-state index >= 15 is 0 Å². The summed E-state index contributed by atoms with van der Waals surface area (Å²) >= 11 is 9.38. The zero-order valence-corrected chi connectivity index (χ0v) is 22.4. The van der Waals surface area contributed by atoms with Crippen LogP contribution in [0.5, 0.6) is 0 Å². The van der Waals surface area contributed by atoms with Crippen molar-refractivity contribution in [2.45, 2.75) is 25.7 Å². The smallest absolute Gasteiger partial charge is 0.258 e. The molecule has 0 bridgehead atoms. The SMILES string of the molecule is CN(C)c1nsc(N2CCC(C3CCN(c4ccc(C(=O)Nc5nccs5)c(Cl)c4)CC3)CC2)n1. The van der Waals surface area contributed by atoms with Crippen LogP contribution in [0.4, 0.5) is 21.9 Å². The summed E-state index contributed by atoms with van der Waals surface area (Å²) in [6.07, 6.45) is 6.49. The van der Waals surface area contributed by atoms with E-state index < -0.39 is 0 Å². The number of nitrogens with zero attached hydrogens (tertiary/aromatic N) is 6. The van der Waals surface area contributed by atoms with Gasteiger partial charge in [-0.25, -0.2) is 4.98 Å². The Labute approximate surface area is 219 Å². The molecule has 0 spiro atoms. The third-order valence-electron chi connectivity index (χ3n) is 7.04. The molecular formula is C24H30ClN7OS2. The van der Waals surface area contributed by atoms with E-state index in [1.54, 1.807) is 6.20 Å². The molecule has 2 saturated heterocycles. The number of carbonyl (C=O) groups is 1. The second kappa shape index (κ2) is 10.7. The van der Waals surface area contributed by atoms with E-state index in [0.29, 0.717) is 15.7 Å². The van der Waals surface area contributed by atoms with Crippen LogP contribution in [0.25, 0.3) is 0 Å². The lowest BCUT2D eigenvalue weighted by molar-refractivity contribution is 0.102. The first-order chi connectivity index (χ1) is 17.0. The third-order valence-corrected chi connectivity index (χ3v) is 8.80. The van der Waals surface area contributed by atoms with E-state index in [4.69, 9.17) is 11.6 Å². The predicted octanol–water partition coefficient (Wildman–Crippen LogP) is 5.10. The van der Waals surface area contributed by atoms with Crippen molar-refractivity contribution in [3.8, 4) is 0 Å². The summed E-state index contributed by atoms with van der Waals surface area (Å²) < 4.78 is 4.45. The first-order valence-corrected chi connectivity index (χ1v) is 14.0. The molecular weight excluding hydrogens is 502 g/mol. The molecule has 4 heterocycles. The average molecular weight is 532 g/mol. The van der Waals surface area contributed by atoms with E-state index in [1.807, 2.05) is 42.6 Å². The van der Waals surface area contributed by atoms with Crippen LogP contribution in [0, 0.1) is 11.8 Å². The number of rotatable bonds is 6. The normalized spacial score (nSPS) is 17.6. The standard InChI is InChI=1S/C24H30ClN7OS2/c1-30(2)22-28-24(35-29-22)32-12-7-17(8-13-32)16-5-10-31(11-6-16)18-3-4-19(20(25)15-18)21(33)27-23-26-9-14-34-23/h3-4,9,14-17H,5-8,10-13H2,1-2H3,(H,26,27,33). The number of piperidine rings is 2. The lowest BCUT2D eigenvalue weighted by Gasteiger charge is -2.40. The highest BCUT2D eigenvalue weighted by atomic mass is 35.5. The summed E-state index contributed by atoms with van der Waals surface area (Å²) in [7, 11) is 3.96. The number of benzene rings is 1. The predicted molar refractivity (Wildman–Crippen MR) is 146 cm³/mol. The van der Waals surface area contributed by atoms with E-state index in [0.717, 1.165) is 54.8 Å². The lowest BCUT2D eigenvalue weighted by atomic mass is 9.79. The highest BCUT2D eigenvalue weighted by molar-refractivity contribution is 7.13. The summed E-state index contributed by atoms with van der Waals surface area (Å²) in [5.74, 6) is 2.11. The van der Waals surface area contributed by atoms with Gasteiger partial charge in [-0.05, 0) is 55.7 Å². The van der Waals surface area contributed by atoms with Crippen LogP contribution in [0.3, 0.4) is 0 Å². The molecule has 2 fully saturated rings. The molecule has 0 unspecified atom stereocenters. The quantitative estimate of drug-likeness (QED) is 0.474. The van der Waals surface area contributed by atoms with Gasteiger partial charge in [-0.1, -0.05) is 11.6 Å². The largest absolute Gasteiger partial charge is 0.371 e. The van der Waals surface area contributed by atoms with Gasteiger partial charge in [-0.2, -0.15) is 9.36 Å². The van der Waals surface area contributed by atoms with Crippen LogP contribution in [0.1, 0.15) is 36.0 Å². The zero-order valence-electron chi connectivity index (χ0n) is 20.0. The Balaban J connectivity index is 1.12. The van der Waals surface area contributed by atoms with Crippen LogP contribution in [-0.4, -0.2) is 60.5 Å². The van der Waals surface area contributed by atoms with Gasteiger partial charge in [0.15, 0.2) is 5.13 Å². The second-order valence-corrected chi connectivity index (χ2v) is 11.4. The van der Waals surface area contributed by atoms with Crippen LogP contribution in [-0.2, 0) is 0 Å². The molecule has 35 heavy (non-hydrogen) atoms. The minimum atomic E-state index is -0.229. The maximum absolute atomic E-state index is 12.5. The molecule has 186 valence electrons. The lowest BCUT2D eigenvalue weighted by Crippen LogP contribution is -2.41. The maximum Gasteiger partial charge on any atom is 0.258 e. The molecule has 2 aliphatic heterocycles. The third kappa shape index (κ3) is 5.54. The Morgan fingerprint density at radius 2 is 1.77 bits per heavy atom. The first kappa shape index (κ1) is 24.3. The molecule has 2 aliphatic rings. The monoisotopic (exact) mass is 531 g/mol. The summed E-state index contributed by atoms with van der Waals surface area (Å²) in [6, 6.07) is 5.74. The number of amides is 1. The Hall–Kier alpha value is -2.43. The Morgan fingerprint density at radius 3 is 2.34 bits per heavy atom. The first-order valence-electron chi connectivity index (χ1n) is 12.0. The number of anilines is 4. The van der Waals surface area contributed by atoms with Crippen molar-refractivity contribution in [2.24, 2.45) is 11.8 Å². The van der Waals surface area contributed by atoms with E-state index in [-0.39, 0.29) is 5.91 Å². The molecule has 0 atom stereocenters. The molecule has 0 radical (unpaired) electrons. The average Bonchev–Trinajstić information content (AvgIpc) is 3.57. The van der Waals surface area contributed by atoms with Gasteiger partial charge in [0.05, 0.1) is 10.6 Å². The molecule has 11 heteroatoms. The Morgan fingerprint density at radius 1 is 1.09 bits per heavy atom. The molecule has 8 nitrogen and oxygen atoms in total. The summed E-state index contributed by atoms with van der Waals surface area (Å²) in [5.41, 5.74) is 1.56. The number of hydrogen-bond donors (Lipinski definition) is 1. The molecule has 1 N–H and O–H groups in total. The summed E-state index contributed by atoms with van der Waals surface area (Å²) in [4.78, 5) is 28.0. The van der Waals surface area contributed by atoms with Crippen molar-refractivity contribution >= 4 is 62.3 Å². The molecule has 1 aromatic carbocycles. The summed E-state index contributed by atoms with van der Waals surface area (Å²) in [5, 5.41) is 6.71. The highest BCUT2D eigenvalue weighted by Crippen LogP contribution is 2.36. The minimum absolute atomic E-state index is 0.229. The summed E-state index contributed by atoms with van der Waals surface area (Å²) in [6.45, 7) is 4.17. The number of aromatic nitrogens is 3. The van der Waals surface area contributed by atoms with Crippen molar-refractivity contribution in [3.63, 3.8) is 0 Å². The number of nitrogens with one attached hydrogen (secondary N) is 1. The molecule has 0 saturated carbocycles. The van der Waals surface area contributed by atoms with Crippen LogP contribution < -0.4 is 20.0 Å². The number of halogens is 1. The van der Waals surface area contributed by atoms with Crippen molar-refractivity contribution in [1.82, 2.24) is 14.3 Å². The number of hydrogen-bond acceptors (Lipinski definition) is 9. The molecule has 3 aromatic rings. The van der Waals surface area contributed by atoms with Crippen LogP contribution >= 0.6 is 34.5 Å². The van der Waals surface area contributed by atoms with Gasteiger partial charge in [0.2, 0.25) is 11.1 Å². The van der Waals surface area contributed by atoms with E-state index in [2.05, 4.69) is 29.5 Å². The van der Waals surface area contributed by atoms with Gasteiger partial charge in [-0.3, -0.25) is 10.1 Å². The van der Waals surface area contributed by atoms with Crippen molar-refractivity contribution in [3.05, 3.63) is 40.4 Å². The van der Waals surface area contributed by atoms with Crippen molar-refractivity contribution in [2.75, 3.05) is 60.3 Å². The maximum atomic E-state index is 12.5. The molecule has 5 rings (SSSR count). The fraction of sp³-hybridized carbons (Fsp3) is 0.500. The van der Waals surface area contributed by atoms with Gasteiger partial charge in [0, 0.05) is 69.1 Å². The fourth-order valence-electron chi connectivity index (χ4n) is 5.04. The van der Waals surface area contributed by atoms with Gasteiger partial charge in [0.25, 0.3) is 5.91 Å². The molecule has 1 amide bonds. The zero-order chi connectivity index (χ0) is 24.4. The van der Waals surface area contributed by atoms with Gasteiger partial charge in [0.1, 0.15) is 0 Å². The van der Waals surface area contributed by atoms with Gasteiger partial charge in [-0.15, -0.1) is 11.3 Å². The van der Waals surface area contributed by atoms with Crippen LogP contribution in [0.15, 0.2) is 29.8 Å². The van der Waals surface area contributed by atoms with E-state index in [1.165, 1.54) is 48.6 Å². The Kier molecular flexibility index (Phi) is 7.40. The van der Waals surface area contributed by atoms with Crippen molar-refractivity contribution in [1.29, 1.82) is 0 Å². The van der Waals surface area contributed by atoms with Crippen molar-refractivity contribution < 1.29 is 4.79 Å². The van der Waals surface area contributed by atoms with Gasteiger partial charge < -0.3 is 14.7 Å². The molecule has 0 aliphatic carbocycles. The highest BCUT2D eigenvalue weighted by Gasteiger charge is 2.31. The van der Waals surface area contributed by atoms with E-state index in [9.17, 15) is 4.79 Å². The fourth-order valence-corrected chi connectivity index (χ4v) is 6.62. The Bertz CT molecular complexity index is 1140. The second-order valence-electron chi connectivity index (χ2n) is 9.38. The van der Waals surface area contributed by atoms with Crippen LogP contribution in [0.2, 0.25) is 5.02 Å².